The van der Waals surface area contributed by atoms with Crippen LogP contribution in [0, 0.1) is 5.92 Å². The van der Waals surface area contributed by atoms with Gasteiger partial charge in [-0.25, -0.2) is 0 Å². The molecule has 0 bridgehead atoms. The molecule has 3 nitrogen and oxygen atoms in total. The largest absolute Gasteiger partial charge is 0.324 e. The molecule has 0 radical (unpaired) electrons. The third-order valence-corrected chi connectivity index (χ3v) is 3.85. The summed E-state index contributed by atoms with van der Waals surface area (Å²) < 4.78 is 0.942. The molecular weight excluding hydrogens is 292 g/mol. The Kier molecular flexibility index (Phi) is 3.04. The lowest BCUT2D eigenvalue weighted by molar-refractivity contribution is -0.122. The van der Waals surface area contributed by atoms with Crippen molar-refractivity contribution in [2.45, 2.75) is 19.3 Å². The lowest BCUT2D eigenvalue weighted by Gasteiger charge is -2.24. The SMILES string of the molecule is O=C(Nc1cccc2cc(Br)cnc12)C1CCC1. The summed E-state index contributed by atoms with van der Waals surface area (Å²) in [4.78, 5) is 16.3. The van der Waals surface area contributed by atoms with Gasteiger partial charge in [-0.1, -0.05) is 18.6 Å². The number of para-hydroxylation sites is 1. The minimum Gasteiger partial charge on any atom is -0.324 e. The Morgan fingerprint density at radius 2 is 2.22 bits per heavy atom. The Labute approximate surface area is 114 Å². The number of nitrogens with zero attached hydrogens (tertiary/aromatic N) is 1. The van der Waals surface area contributed by atoms with Crippen LogP contribution in [0.15, 0.2) is 34.9 Å². The third kappa shape index (κ3) is 2.12. The van der Waals surface area contributed by atoms with E-state index in [1.807, 2.05) is 24.3 Å². The number of hydrogen-bond donors (Lipinski definition) is 1. The highest BCUT2D eigenvalue weighted by Gasteiger charge is 2.25. The molecule has 1 aromatic carbocycles. The number of nitrogens with one attached hydrogen (secondary N) is 1. The summed E-state index contributed by atoms with van der Waals surface area (Å²) in [5, 5.41) is 4.01. The first kappa shape index (κ1) is 11.7. The highest BCUT2D eigenvalue weighted by molar-refractivity contribution is 9.10. The van der Waals surface area contributed by atoms with E-state index in [1.165, 1.54) is 6.42 Å². The Bertz CT molecular complexity index is 608. The molecule has 0 saturated heterocycles. The van der Waals surface area contributed by atoms with E-state index in [-0.39, 0.29) is 11.8 Å². The van der Waals surface area contributed by atoms with Gasteiger partial charge in [-0.2, -0.15) is 0 Å². The quantitative estimate of drug-likeness (QED) is 0.918. The number of hydrogen-bond acceptors (Lipinski definition) is 2. The minimum atomic E-state index is 0.124. The molecule has 92 valence electrons. The van der Waals surface area contributed by atoms with Gasteiger partial charge in [0.25, 0.3) is 0 Å². The van der Waals surface area contributed by atoms with Gasteiger partial charge in [-0.05, 0) is 40.9 Å². The highest BCUT2D eigenvalue weighted by atomic mass is 79.9. The molecule has 2 aromatic rings. The number of carbonyl (C=O) groups is 1. The van der Waals surface area contributed by atoms with Crippen LogP contribution in [0.2, 0.25) is 0 Å². The predicted molar refractivity (Wildman–Crippen MR) is 75.4 cm³/mol. The van der Waals surface area contributed by atoms with Crippen molar-refractivity contribution in [1.29, 1.82) is 0 Å². The molecule has 1 aromatic heterocycles. The Morgan fingerprint density at radius 3 is 2.94 bits per heavy atom. The summed E-state index contributed by atoms with van der Waals surface area (Å²) in [6, 6.07) is 7.83. The maximum atomic E-state index is 12.0. The van der Waals surface area contributed by atoms with Crippen molar-refractivity contribution in [3.8, 4) is 0 Å². The number of benzene rings is 1. The van der Waals surface area contributed by atoms with Gasteiger partial charge in [0.05, 0.1) is 11.2 Å². The Balaban J connectivity index is 1.93. The maximum absolute atomic E-state index is 12.0. The Hall–Kier alpha value is -1.42. The van der Waals surface area contributed by atoms with E-state index in [4.69, 9.17) is 0 Å². The van der Waals surface area contributed by atoms with Gasteiger partial charge in [-0.3, -0.25) is 9.78 Å². The van der Waals surface area contributed by atoms with Gasteiger partial charge in [0, 0.05) is 22.0 Å². The number of anilines is 1. The summed E-state index contributed by atoms with van der Waals surface area (Å²) in [5.74, 6) is 0.314. The first-order valence-electron chi connectivity index (χ1n) is 6.09. The molecule has 1 heterocycles. The fourth-order valence-electron chi connectivity index (χ4n) is 2.14. The molecule has 4 heteroatoms. The van der Waals surface area contributed by atoms with Crippen LogP contribution in [-0.2, 0) is 4.79 Å². The molecule has 3 rings (SSSR count). The third-order valence-electron chi connectivity index (χ3n) is 3.41. The molecular formula is C14H13BrN2O. The number of carbonyl (C=O) groups excluding carboxylic acids is 1. The summed E-state index contributed by atoms with van der Waals surface area (Å²) in [7, 11) is 0. The van der Waals surface area contributed by atoms with Crippen molar-refractivity contribution < 1.29 is 4.79 Å². The van der Waals surface area contributed by atoms with Crippen molar-refractivity contribution in [2.24, 2.45) is 5.92 Å². The predicted octanol–water partition coefficient (Wildman–Crippen LogP) is 3.74. The number of halogens is 1. The molecule has 1 aliphatic carbocycles. The standard InChI is InChI=1S/C14H13BrN2O/c15-11-7-10-5-2-6-12(13(10)16-8-11)17-14(18)9-3-1-4-9/h2,5-9H,1,3-4H2,(H,17,18). The minimum absolute atomic E-state index is 0.124. The summed E-state index contributed by atoms with van der Waals surface area (Å²) in [6.45, 7) is 0. The second-order valence-corrected chi connectivity index (χ2v) is 5.56. The van der Waals surface area contributed by atoms with Crippen molar-refractivity contribution >= 4 is 38.4 Å². The van der Waals surface area contributed by atoms with Crippen molar-refractivity contribution in [2.75, 3.05) is 5.32 Å². The van der Waals surface area contributed by atoms with Crippen LogP contribution >= 0.6 is 15.9 Å². The molecule has 1 amide bonds. The van der Waals surface area contributed by atoms with Crippen LogP contribution in [0.4, 0.5) is 5.69 Å². The zero-order chi connectivity index (χ0) is 12.5. The molecule has 0 spiro atoms. The van der Waals surface area contributed by atoms with Gasteiger partial charge in [-0.15, -0.1) is 0 Å². The van der Waals surface area contributed by atoms with Crippen LogP contribution in [0.25, 0.3) is 10.9 Å². The van der Waals surface area contributed by atoms with Crippen molar-refractivity contribution in [3.63, 3.8) is 0 Å². The molecule has 18 heavy (non-hydrogen) atoms. The van der Waals surface area contributed by atoms with Gasteiger partial charge >= 0.3 is 0 Å². The van der Waals surface area contributed by atoms with E-state index in [9.17, 15) is 4.79 Å². The maximum Gasteiger partial charge on any atom is 0.227 e. The van der Waals surface area contributed by atoms with E-state index < -0.39 is 0 Å². The molecule has 1 aliphatic rings. The van der Waals surface area contributed by atoms with Gasteiger partial charge in [0.2, 0.25) is 5.91 Å². The number of amides is 1. The lowest BCUT2D eigenvalue weighted by Crippen LogP contribution is -2.28. The van der Waals surface area contributed by atoms with E-state index in [2.05, 4.69) is 26.2 Å². The van der Waals surface area contributed by atoms with Crippen molar-refractivity contribution in [1.82, 2.24) is 4.98 Å². The first-order valence-corrected chi connectivity index (χ1v) is 6.88. The molecule has 0 aliphatic heterocycles. The van der Waals surface area contributed by atoms with Gasteiger partial charge in [0.1, 0.15) is 0 Å². The van der Waals surface area contributed by atoms with Crippen LogP contribution in [0.1, 0.15) is 19.3 Å². The second-order valence-electron chi connectivity index (χ2n) is 4.65. The number of fused-ring (bicyclic) bond motifs is 1. The van der Waals surface area contributed by atoms with E-state index in [0.29, 0.717) is 0 Å². The molecule has 1 saturated carbocycles. The van der Waals surface area contributed by atoms with Crippen LogP contribution in [0.5, 0.6) is 0 Å². The monoisotopic (exact) mass is 304 g/mol. The van der Waals surface area contributed by atoms with E-state index in [1.54, 1.807) is 6.20 Å². The van der Waals surface area contributed by atoms with Crippen molar-refractivity contribution in [3.05, 3.63) is 34.9 Å². The fourth-order valence-corrected chi connectivity index (χ4v) is 2.49. The van der Waals surface area contributed by atoms with Crippen LogP contribution in [0.3, 0.4) is 0 Å². The summed E-state index contributed by atoms with van der Waals surface area (Å²) in [6.07, 6.45) is 4.94. The summed E-state index contributed by atoms with van der Waals surface area (Å²) >= 11 is 3.40. The molecule has 0 unspecified atom stereocenters. The number of pyridine rings is 1. The van der Waals surface area contributed by atoms with Gasteiger partial charge in [0.15, 0.2) is 0 Å². The number of aromatic nitrogens is 1. The van der Waals surface area contributed by atoms with E-state index >= 15 is 0 Å². The molecule has 1 N–H and O–H groups in total. The summed E-state index contributed by atoms with van der Waals surface area (Å²) in [5.41, 5.74) is 1.64. The molecule has 1 fully saturated rings. The fraction of sp³-hybridized carbons (Fsp3) is 0.286. The zero-order valence-electron chi connectivity index (χ0n) is 9.82. The average Bonchev–Trinajstić information content (AvgIpc) is 2.26. The smallest absolute Gasteiger partial charge is 0.227 e. The van der Waals surface area contributed by atoms with Gasteiger partial charge < -0.3 is 5.32 Å². The van der Waals surface area contributed by atoms with Crippen LogP contribution in [-0.4, -0.2) is 10.9 Å². The second kappa shape index (κ2) is 4.69. The Morgan fingerprint density at radius 1 is 1.39 bits per heavy atom. The van der Waals surface area contributed by atoms with E-state index in [0.717, 1.165) is 33.9 Å². The zero-order valence-corrected chi connectivity index (χ0v) is 11.4. The highest BCUT2D eigenvalue weighted by Crippen LogP contribution is 2.29. The lowest BCUT2D eigenvalue weighted by atomic mass is 9.85. The number of rotatable bonds is 2. The normalized spacial score (nSPS) is 15.4. The molecule has 0 atom stereocenters. The first-order chi connectivity index (χ1) is 8.74. The van der Waals surface area contributed by atoms with Crippen LogP contribution < -0.4 is 5.32 Å². The topological polar surface area (TPSA) is 42.0 Å². The average molecular weight is 305 g/mol.